The van der Waals surface area contributed by atoms with E-state index in [1.807, 2.05) is 29.2 Å². The fraction of sp³-hybridized carbons (Fsp3) is 0.444. The van der Waals surface area contributed by atoms with Crippen LogP contribution < -0.4 is 5.32 Å². The van der Waals surface area contributed by atoms with Gasteiger partial charge in [0.15, 0.2) is 0 Å². The molecular formula is C18H22Cl3N3O. The molecule has 7 heteroatoms. The second kappa shape index (κ2) is 8.09. The Hall–Kier alpha value is -1.07. The summed E-state index contributed by atoms with van der Waals surface area (Å²) in [6, 6.07) is 7.94. The minimum atomic E-state index is 0. The maximum atomic E-state index is 13.1. The van der Waals surface area contributed by atoms with Gasteiger partial charge < -0.3 is 10.2 Å². The van der Waals surface area contributed by atoms with Gasteiger partial charge in [-0.2, -0.15) is 0 Å². The van der Waals surface area contributed by atoms with Crippen LogP contribution in [-0.2, 0) is 0 Å². The van der Waals surface area contributed by atoms with Crippen molar-refractivity contribution in [3.63, 3.8) is 0 Å². The number of hydrogen-bond acceptors (Lipinski definition) is 3. The Morgan fingerprint density at radius 1 is 1.28 bits per heavy atom. The summed E-state index contributed by atoms with van der Waals surface area (Å²) in [6.45, 7) is 4.43. The van der Waals surface area contributed by atoms with Crippen molar-refractivity contribution in [1.29, 1.82) is 0 Å². The van der Waals surface area contributed by atoms with Gasteiger partial charge in [-0.15, -0.1) is 24.8 Å². The van der Waals surface area contributed by atoms with E-state index in [1.54, 1.807) is 0 Å². The molecule has 2 aliphatic rings. The van der Waals surface area contributed by atoms with Crippen LogP contribution in [0.2, 0.25) is 5.02 Å². The number of aromatic nitrogens is 1. The van der Waals surface area contributed by atoms with Gasteiger partial charge in [-0.05, 0) is 44.0 Å². The molecule has 4 nitrogen and oxygen atoms in total. The van der Waals surface area contributed by atoms with E-state index in [0.29, 0.717) is 17.0 Å². The van der Waals surface area contributed by atoms with Crippen LogP contribution in [0.5, 0.6) is 0 Å². The number of nitrogens with zero attached hydrogens (tertiary/aromatic N) is 2. The molecule has 0 radical (unpaired) electrons. The number of benzene rings is 1. The summed E-state index contributed by atoms with van der Waals surface area (Å²) >= 11 is 6.16. The van der Waals surface area contributed by atoms with Crippen molar-refractivity contribution >= 4 is 53.2 Å². The molecule has 1 N–H and O–H groups in total. The molecule has 1 atom stereocenters. The van der Waals surface area contributed by atoms with Crippen molar-refractivity contribution in [3.8, 4) is 0 Å². The van der Waals surface area contributed by atoms with Crippen molar-refractivity contribution in [1.82, 2.24) is 15.2 Å². The third kappa shape index (κ3) is 4.20. The first-order valence-corrected chi connectivity index (χ1v) is 8.62. The molecule has 1 saturated carbocycles. The Kier molecular flexibility index (Phi) is 6.55. The lowest BCUT2D eigenvalue weighted by Crippen LogP contribution is -2.51. The average Bonchev–Trinajstić information content (AvgIpc) is 3.38. The highest BCUT2D eigenvalue weighted by Crippen LogP contribution is 2.40. The summed E-state index contributed by atoms with van der Waals surface area (Å²) in [4.78, 5) is 19.8. The zero-order valence-electron chi connectivity index (χ0n) is 14.0. The Bertz CT molecular complexity index is 779. The third-order valence-electron chi connectivity index (χ3n) is 4.67. The van der Waals surface area contributed by atoms with Crippen molar-refractivity contribution in [3.05, 3.63) is 40.5 Å². The minimum Gasteiger partial charge on any atom is -0.336 e. The fourth-order valence-electron chi connectivity index (χ4n) is 3.27. The highest BCUT2D eigenvalue weighted by Gasteiger charge is 2.29. The lowest BCUT2D eigenvalue weighted by molar-refractivity contribution is 0.0711. The SMILES string of the molecule is CC1CN(C(=O)c2cc(C3CC3)nc3ccc(Cl)cc23)CCN1.Cl.Cl. The van der Waals surface area contributed by atoms with Crippen LogP contribution in [0.1, 0.15) is 41.7 Å². The van der Waals surface area contributed by atoms with Gasteiger partial charge in [-0.25, -0.2) is 0 Å². The second-order valence-corrected chi connectivity index (χ2v) is 7.07. The highest BCUT2D eigenvalue weighted by molar-refractivity contribution is 6.31. The van der Waals surface area contributed by atoms with Crippen molar-refractivity contribution < 1.29 is 4.79 Å². The summed E-state index contributed by atoms with van der Waals surface area (Å²) < 4.78 is 0. The topological polar surface area (TPSA) is 45.2 Å². The zero-order chi connectivity index (χ0) is 16.0. The van der Waals surface area contributed by atoms with E-state index < -0.39 is 0 Å². The normalized spacial score (nSPS) is 19.9. The first kappa shape index (κ1) is 20.2. The zero-order valence-corrected chi connectivity index (χ0v) is 16.4. The molecule has 136 valence electrons. The number of carbonyl (C=O) groups is 1. The lowest BCUT2D eigenvalue weighted by Gasteiger charge is -2.32. The summed E-state index contributed by atoms with van der Waals surface area (Å²) in [5, 5.41) is 4.88. The van der Waals surface area contributed by atoms with Gasteiger partial charge in [0.05, 0.1) is 11.1 Å². The van der Waals surface area contributed by atoms with Gasteiger partial charge in [0.1, 0.15) is 0 Å². The summed E-state index contributed by atoms with van der Waals surface area (Å²) in [7, 11) is 0. The van der Waals surface area contributed by atoms with Gasteiger partial charge in [0, 0.05) is 47.7 Å². The van der Waals surface area contributed by atoms with Gasteiger partial charge in [0.25, 0.3) is 5.91 Å². The van der Waals surface area contributed by atoms with Crippen LogP contribution in [0.25, 0.3) is 10.9 Å². The van der Waals surface area contributed by atoms with E-state index in [2.05, 4.69) is 12.2 Å². The predicted octanol–water partition coefficient (Wildman–Crippen LogP) is 4.04. The number of amides is 1. The molecule has 1 saturated heterocycles. The number of rotatable bonds is 2. The fourth-order valence-corrected chi connectivity index (χ4v) is 3.44. The second-order valence-electron chi connectivity index (χ2n) is 6.64. The van der Waals surface area contributed by atoms with Crippen LogP contribution in [0, 0.1) is 0 Å². The number of halogens is 3. The van der Waals surface area contributed by atoms with E-state index in [-0.39, 0.29) is 30.7 Å². The molecule has 25 heavy (non-hydrogen) atoms. The first-order chi connectivity index (χ1) is 11.1. The summed E-state index contributed by atoms with van der Waals surface area (Å²) in [5.41, 5.74) is 2.66. The van der Waals surface area contributed by atoms with Gasteiger partial charge >= 0.3 is 0 Å². The van der Waals surface area contributed by atoms with Gasteiger partial charge in [-0.3, -0.25) is 9.78 Å². The molecule has 1 aliphatic carbocycles. The van der Waals surface area contributed by atoms with E-state index >= 15 is 0 Å². The van der Waals surface area contributed by atoms with E-state index in [9.17, 15) is 4.79 Å². The van der Waals surface area contributed by atoms with E-state index in [0.717, 1.165) is 41.8 Å². The molecule has 4 rings (SSSR count). The number of carbonyl (C=O) groups excluding carboxylic acids is 1. The van der Waals surface area contributed by atoms with Gasteiger partial charge in [0.2, 0.25) is 0 Å². The molecular weight excluding hydrogens is 381 g/mol. The quantitative estimate of drug-likeness (QED) is 0.824. The molecule has 1 aliphatic heterocycles. The molecule has 0 spiro atoms. The number of nitrogens with one attached hydrogen (secondary N) is 1. The highest BCUT2D eigenvalue weighted by atomic mass is 35.5. The number of hydrogen-bond donors (Lipinski definition) is 1. The van der Waals surface area contributed by atoms with Crippen LogP contribution in [-0.4, -0.2) is 41.5 Å². The largest absolute Gasteiger partial charge is 0.336 e. The summed E-state index contributed by atoms with van der Waals surface area (Å²) in [6.07, 6.45) is 2.34. The van der Waals surface area contributed by atoms with Crippen LogP contribution in [0.4, 0.5) is 0 Å². The average molecular weight is 403 g/mol. The van der Waals surface area contributed by atoms with Crippen molar-refractivity contribution in [2.45, 2.75) is 31.7 Å². The maximum absolute atomic E-state index is 13.1. The van der Waals surface area contributed by atoms with E-state index in [1.165, 1.54) is 12.8 Å². The molecule has 1 amide bonds. The van der Waals surface area contributed by atoms with Crippen molar-refractivity contribution in [2.75, 3.05) is 19.6 Å². The Morgan fingerprint density at radius 2 is 2.04 bits per heavy atom. The molecule has 2 heterocycles. The van der Waals surface area contributed by atoms with Crippen molar-refractivity contribution in [2.24, 2.45) is 0 Å². The first-order valence-electron chi connectivity index (χ1n) is 8.24. The van der Waals surface area contributed by atoms with Crippen LogP contribution >= 0.6 is 36.4 Å². The Labute approximate surface area is 165 Å². The molecule has 1 aromatic carbocycles. The number of fused-ring (bicyclic) bond motifs is 1. The smallest absolute Gasteiger partial charge is 0.254 e. The minimum absolute atomic E-state index is 0. The standard InChI is InChI=1S/C18H20ClN3O.2ClH/c1-11-10-22(7-6-20-11)18(23)15-9-17(12-2-3-12)21-16-5-4-13(19)8-14(15)16;;/h4-5,8-9,11-12,20H,2-3,6-7,10H2,1H3;2*1H. The Morgan fingerprint density at radius 3 is 2.72 bits per heavy atom. The molecule has 1 unspecified atom stereocenters. The third-order valence-corrected chi connectivity index (χ3v) is 4.91. The van der Waals surface area contributed by atoms with Crippen LogP contribution in [0.15, 0.2) is 24.3 Å². The monoisotopic (exact) mass is 401 g/mol. The number of piperazine rings is 1. The lowest BCUT2D eigenvalue weighted by atomic mass is 10.0. The molecule has 0 bridgehead atoms. The van der Waals surface area contributed by atoms with Crippen LogP contribution in [0.3, 0.4) is 0 Å². The van der Waals surface area contributed by atoms with Gasteiger partial charge in [-0.1, -0.05) is 11.6 Å². The Balaban J connectivity index is 0.00000113. The maximum Gasteiger partial charge on any atom is 0.254 e. The predicted molar refractivity (Wildman–Crippen MR) is 107 cm³/mol. The molecule has 1 aromatic heterocycles. The molecule has 2 fully saturated rings. The summed E-state index contributed by atoms with van der Waals surface area (Å²) in [5.74, 6) is 0.610. The van der Waals surface area contributed by atoms with E-state index in [4.69, 9.17) is 16.6 Å². The number of pyridine rings is 1. The molecule has 2 aromatic rings.